The van der Waals surface area contributed by atoms with Gasteiger partial charge in [0.15, 0.2) is 6.39 Å². The Bertz CT molecular complexity index is 837. The molecule has 6 heteroatoms. The molecule has 2 aromatic heterocycles. The van der Waals surface area contributed by atoms with E-state index in [0.717, 1.165) is 11.4 Å². The first-order valence-electron chi connectivity index (χ1n) is 7.50. The largest absolute Gasteiger partial charge is 0.438 e. The standard InChI is InChI=1S/C17H16N4O2/c1-12-16(23-11-19-12)17(22)21-10-15-18-7-8-20(15)9-14(21)13-5-3-2-4-6-13/h2-8,11,14H,9-10H2,1H3. The van der Waals surface area contributed by atoms with Gasteiger partial charge < -0.3 is 13.9 Å². The van der Waals surface area contributed by atoms with Crippen molar-refractivity contribution in [3.05, 3.63) is 72.0 Å². The molecule has 6 nitrogen and oxygen atoms in total. The topological polar surface area (TPSA) is 64.2 Å². The van der Waals surface area contributed by atoms with Crippen LogP contribution in [0, 0.1) is 6.92 Å². The maximum atomic E-state index is 13.0. The van der Waals surface area contributed by atoms with Crippen molar-refractivity contribution < 1.29 is 9.21 Å². The van der Waals surface area contributed by atoms with Crippen LogP contribution in [0.3, 0.4) is 0 Å². The molecule has 0 spiro atoms. The van der Waals surface area contributed by atoms with E-state index in [1.165, 1.54) is 6.39 Å². The summed E-state index contributed by atoms with van der Waals surface area (Å²) in [5.41, 5.74) is 1.70. The number of hydrogen-bond acceptors (Lipinski definition) is 4. The second kappa shape index (κ2) is 5.39. The van der Waals surface area contributed by atoms with Crippen molar-refractivity contribution in [3.8, 4) is 0 Å². The van der Waals surface area contributed by atoms with Crippen molar-refractivity contribution in [2.45, 2.75) is 26.1 Å². The van der Waals surface area contributed by atoms with Gasteiger partial charge in [-0.3, -0.25) is 4.79 Å². The third-order valence-corrected chi connectivity index (χ3v) is 4.24. The van der Waals surface area contributed by atoms with Gasteiger partial charge in [-0.2, -0.15) is 0 Å². The average molecular weight is 308 g/mol. The Morgan fingerprint density at radius 2 is 2.09 bits per heavy atom. The molecule has 3 aromatic rings. The van der Waals surface area contributed by atoms with E-state index < -0.39 is 0 Å². The zero-order chi connectivity index (χ0) is 15.8. The van der Waals surface area contributed by atoms with Gasteiger partial charge in [-0.1, -0.05) is 30.3 Å². The van der Waals surface area contributed by atoms with Gasteiger partial charge in [0.05, 0.1) is 18.3 Å². The number of imidazole rings is 1. The summed E-state index contributed by atoms with van der Waals surface area (Å²) in [7, 11) is 0. The van der Waals surface area contributed by atoms with Crippen LogP contribution < -0.4 is 0 Å². The van der Waals surface area contributed by atoms with E-state index in [9.17, 15) is 4.79 Å². The average Bonchev–Trinajstić information content (AvgIpc) is 3.22. The second-order valence-corrected chi connectivity index (χ2v) is 5.62. The minimum atomic E-state index is -0.150. The highest BCUT2D eigenvalue weighted by molar-refractivity contribution is 5.92. The fraction of sp³-hybridized carbons (Fsp3) is 0.235. The molecule has 0 N–H and O–H groups in total. The maximum Gasteiger partial charge on any atom is 0.292 e. The number of carbonyl (C=O) groups excluding carboxylic acids is 1. The lowest BCUT2D eigenvalue weighted by atomic mass is 10.0. The lowest BCUT2D eigenvalue weighted by molar-refractivity contribution is 0.0550. The van der Waals surface area contributed by atoms with Crippen LogP contribution in [-0.4, -0.2) is 25.3 Å². The molecule has 1 unspecified atom stereocenters. The van der Waals surface area contributed by atoms with Crippen LogP contribution in [0.15, 0.2) is 53.5 Å². The number of aromatic nitrogens is 3. The lowest BCUT2D eigenvalue weighted by Crippen LogP contribution is -2.41. The van der Waals surface area contributed by atoms with Gasteiger partial charge in [0, 0.05) is 18.9 Å². The minimum absolute atomic E-state index is 0.0603. The van der Waals surface area contributed by atoms with Crippen LogP contribution in [0.2, 0.25) is 0 Å². The molecule has 1 atom stereocenters. The Kier molecular flexibility index (Phi) is 3.22. The molecule has 0 fully saturated rings. The Balaban J connectivity index is 1.75. The summed E-state index contributed by atoms with van der Waals surface area (Å²) in [6.45, 7) is 2.91. The summed E-state index contributed by atoms with van der Waals surface area (Å²) in [4.78, 5) is 23.1. The van der Waals surface area contributed by atoms with Crippen molar-refractivity contribution in [1.29, 1.82) is 0 Å². The molecule has 4 rings (SSSR count). The molecular weight excluding hydrogens is 292 g/mol. The van der Waals surface area contributed by atoms with E-state index in [1.54, 1.807) is 13.1 Å². The first-order chi connectivity index (χ1) is 11.2. The van der Waals surface area contributed by atoms with Crippen LogP contribution >= 0.6 is 0 Å². The van der Waals surface area contributed by atoms with Crippen LogP contribution in [-0.2, 0) is 13.1 Å². The number of carbonyl (C=O) groups is 1. The van der Waals surface area contributed by atoms with Gasteiger partial charge in [-0.25, -0.2) is 9.97 Å². The van der Waals surface area contributed by atoms with Crippen molar-refractivity contribution >= 4 is 5.91 Å². The normalized spacial score (nSPS) is 17.1. The molecule has 0 radical (unpaired) electrons. The second-order valence-electron chi connectivity index (χ2n) is 5.62. The Labute approximate surface area is 133 Å². The Morgan fingerprint density at radius 1 is 1.26 bits per heavy atom. The molecule has 1 aromatic carbocycles. The van der Waals surface area contributed by atoms with Gasteiger partial charge in [-0.15, -0.1) is 0 Å². The smallest absolute Gasteiger partial charge is 0.292 e. The van der Waals surface area contributed by atoms with Crippen LogP contribution in [0.5, 0.6) is 0 Å². The van der Waals surface area contributed by atoms with Crippen molar-refractivity contribution in [1.82, 2.24) is 19.4 Å². The number of oxazole rings is 1. The number of aryl methyl sites for hydroxylation is 1. The predicted molar refractivity (Wildman–Crippen MR) is 82.5 cm³/mol. The fourth-order valence-corrected chi connectivity index (χ4v) is 3.02. The molecule has 0 saturated carbocycles. The molecule has 1 aliphatic heterocycles. The summed E-state index contributed by atoms with van der Waals surface area (Å²) < 4.78 is 7.40. The van der Waals surface area contributed by atoms with E-state index in [0.29, 0.717) is 24.5 Å². The van der Waals surface area contributed by atoms with Gasteiger partial charge in [0.25, 0.3) is 5.91 Å². The lowest BCUT2D eigenvalue weighted by Gasteiger charge is -2.36. The molecule has 0 saturated heterocycles. The summed E-state index contributed by atoms with van der Waals surface area (Å²) in [5, 5.41) is 0. The number of benzene rings is 1. The molecule has 0 aliphatic carbocycles. The molecule has 0 bridgehead atoms. The van der Waals surface area contributed by atoms with E-state index in [1.807, 2.05) is 41.4 Å². The van der Waals surface area contributed by atoms with E-state index in [-0.39, 0.29) is 11.9 Å². The highest BCUT2D eigenvalue weighted by Crippen LogP contribution is 2.30. The number of fused-ring (bicyclic) bond motifs is 1. The first kappa shape index (κ1) is 13.8. The highest BCUT2D eigenvalue weighted by atomic mass is 16.3. The highest BCUT2D eigenvalue weighted by Gasteiger charge is 2.34. The maximum absolute atomic E-state index is 13.0. The van der Waals surface area contributed by atoms with Crippen molar-refractivity contribution in [2.75, 3.05) is 0 Å². The van der Waals surface area contributed by atoms with Gasteiger partial charge in [0.1, 0.15) is 5.82 Å². The van der Waals surface area contributed by atoms with E-state index in [2.05, 4.69) is 14.5 Å². The van der Waals surface area contributed by atoms with Crippen LogP contribution in [0.1, 0.15) is 33.7 Å². The quantitative estimate of drug-likeness (QED) is 0.730. The third kappa shape index (κ3) is 2.32. The Hall–Kier alpha value is -2.89. The van der Waals surface area contributed by atoms with Crippen LogP contribution in [0.4, 0.5) is 0 Å². The van der Waals surface area contributed by atoms with E-state index >= 15 is 0 Å². The molecular formula is C17H16N4O2. The minimum Gasteiger partial charge on any atom is -0.438 e. The molecule has 1 amide bonds. The zero-order valence-electron chi connectivity index (χ0n) is 12.7. The summed E-state index contributed by atoms with van der Waals surface area (Å²) in [6.07, 6.45) is 5.03. The zero-order valence-corrected chi connectivity index (χ0v) is 12.7. The summed E-state index contributed by atoms with van der Waals surface area (Å²) >= 11 is 0. The third-order valence-electron chi connectivity index (χ3n) is 4.24. The van der Waals surface area contributed by atoms with Crippen molar-refractivity contribution in [3.63, 3.8) is 0 Å². The Morgan fingerprint density at radius 3 is 2.83 bits per heavy atom. The van der Waals surface area contributed by atoms with E-state index in [4.69, 9.17) is 4.42 Å². The number of rotatable bonds is 2. The van der Waals surface area contributed by atoms with Gasteiger partial charge in [-0.05, 0) is 12.5 Å². The number of amides is 1. The van der Waals surface area contributed by atoms with Crippen molar-refractivity contribution in [2.24, 2.45) is 0 Å². The monoisotopic (exact) mass is 308 g/mol. The molecule has 1 aliphatic rings. The molecule has 116 valence electrons. The van der Waals surface area contributed by atoms with Crippen LogP contribution in [0.25, 0.3) is 0 Å². The number of nitrogens with zero attached hydrogens (tertiary/aromatic N) is 4. The fourth-order valence-electron chi connectivity index (χ4n) is 3.02. The molecule has 3 heterocycles. The van der Waals surface area contributed by atoms with Gasteiger partial charge >= 0.3 is 0 Å². The predicted octanol–water partition coefficient (Wildman–Crippen LogP) is 2.58. The number of hydrogen-bond donors (Lipinski definition) is 0. The summed E-state index contributed by atoms with van der Waals surface area (Å²) in [5.74, 6) is 1.02. The SMILES string of the molecule is Cc1ncoc1C(=O)N1Cc2nccn2CC1c1ccccc1. The first-order valence-corrected chi connectivity index (χ1v) is 7.50. The summed E-state index contributed by atoms with van der Waals surface area (Å²) in [6, 6.07) is 9.97. The van der Waals surface area contributed by atoms with Gasteiger partial charge in [0.2, 0.25) is 5.76 Å². The molecule has 23 heavy (non-hydrogen) atoms.